The van der Waals surface area contributed by atoms with Gasteiger partial charge in [-0.3, -0.25) is 9.69 Å². The van der Waals surface area contributed by atoms with Crippen molar-refractivity contribution in [3.63, 3.8) is 0 Å². The fourth-order valence-electron chi connectivity index (χ4n) is 3.07. The van der Waals surface area contributed by atoms with Crippen molar-refractivity contribution >= 4 is 5.91 Å². The molecule has 0 fully saturated rings. The molecule has 2 aromatic rings. The Labute approximate surface area is 138 Å². The lowest BCUT2D eigenvalue weighted by molar-refractivity contribution is -0.124. The van der Waals surface area contributed by atoms with E-state index in [0.717, 1.165) is 19.6 Å². The zero-order valence-corrected chi connectivity index (χ0v) is 13.9. The Bertz CT molecular complexity index is 648. The predicted molar refractivity (Wildman–Crippen MR) is 91.8 cm³/mol. The Morgan fingerprint density at radius 1 is 1.22 bits per heavy atom. The van der Waals surface area contributed by atoms with Crippen molar-refractivity contribution in [3.8, 4) is 0 Å². The quantitative estimate of drug-likeness (QED) is 0.922. The first kappa shape index (κ1) is 15.8. The van der Waals surface area contributed by atoms with Crippen molar-refractivity contribution in [1.29, 1.82) is 0 Å². The molecule has 1 aliphatic heterocycles. The van der Waals surface area contributed by atoms with Gasteiger partial charge in [-0.05, 0) is 17.7 Å². The molecule has 4 nitrogen and oxygen atoms in total. The summed E-state index contributed by atoms with van der Waals surface area (Å²) in [7, 11) is 0. The summed E-state index contributed by atoms with van der Waals surface area (Å²) in [6.07, 6.45) is 2.13. The van der Waals surface area contributed by atoms with E-state index in [1.165, 1.54) is 11.3 Å². The summed E-state index contributed by atoms with van der Waals surface area (Å²) >= 11 is 0. The fraction of sp³-hybridized carbons (Fsp3) is 0.421. The third-order valence-electron chi connectivity index (χ3n) is 4.48. The van der Waals surface area contributed by atoms with Gasteiger partial charge in [0.2, 0.25) is 5.91 Å². The Morgan fingerprint density at radius 3 is 2.74 bits per heavy atom. The molecule has 1 atom stereocenters. The lowest BCUT2D eigenvalue weighted by Gasteiger charge is -2.37. The molecule has 1 aliphatic rings. The Hall–Kier alpha value is -2.07. The summed E-state index contributed by atoms with van der Waals surface area (Å²) in [5.41, 5.74) is 2.65. The monoisotopic (exact) mass is 311 g/mol. The molecule has 0 saturated carbocycles. The van der Waals surface area contributed by atoms with Crippen LogP contribution in [0, 0.1) is 5.92 Å². The van der Waals surface area contributed by atoms with E-state index >= 15 is 0 Å². The first-order valence-electron chi connectivity index (χ1n) is 8.33. The summed E-state index contributed by atoms with van der Waals surface area (Å²) in [4.78, 5) is 14.4. The molecule has 0 bridgehead atoms. The number of hydrogen-bond donors (Lipinski definition) is 1. The van der Waals surface area contributed by atoms with Gasteiger partial charge in [0, 0.05) is 50.0 Å². The summed E-state index contributed by atoms with van der Waals surface area (Å²) in [5, 5.41) is 3.10. The topological polar surface area (TPSA) is 37.3 Å². The van der Waals surface area contributed by atoms with Crippen LogP contribution in [0.3, 0.4) is 0 Å². The van der Waals surface area contributed by atoms with Crippen LogP contribution in [-0.2, 0) is 24.4 Å². The van der Waals surface area contributed by atoms with Crippen molar-refractivity contribution in [1.82, 2.24) is 14.8 Å². The van der Waals surface area contributed by atoms with Crippen molar-refractivity contribution in [2.45, 2.75) is 39.5 Å². The van der Waals surface area contributed by atoms with Crippen LogP contribution >= 0.6 is 0 Å². The molecule has 0 aliphatic carbocycles. The standard InChI is InChI=1S/C19H25N3O/c1-15(2)19(23)20-11-18-14-21-10-6-9-17(21)13-22(18)12-16-7-4-3-5-8-16/h3-10,15,18H,11-14H2,1-2H3,(H,20,23). The van der Waals surface area contributed by atoms with Gasteiger partial charge in [0.1, 0.15) is 0 Å². The Kier molecular flexibility index (Phi) is 4.82. The number of fused-ring (bicyclic) bond motifs is 1. The zero-order chi connectivity index (χ0) is 16.2. The fourth-order valence-corrected chi connectivity index (χ4v) is 3.07. The lowest BCUT2D eigenvalue weighted by Crippen LogP contribution is -2.49. The van der Waals surface area contributed by atoms with E-state index in [1.54, 1.807) is 0 Å². The van der Waals surface area contributed by atoms with E-state index in [-0.39, 0.29) is 11.8 Å². The van der Waals surface area contributed by atoms with Gasteiger partial charge >= 0.3 is 0 Å². The van der Waals surface area contributed by atoms with Crippen molar-refractivity contribution < 1.29 is 4.79 Å². The minimum atomic E-state index is 0.0308. The first-order chi connectivity index (χ1) is 11.1. The molecule has 1 amide bonds. The highest BCUT2D eigenvalue weighted by molar-refractivity contribution is 5.77. The van der Waals surface area contributed by atoms with E-state index in [4.69, 9.17) is 0 Å². The number of nitrogens with zero attached hydrogens (tertiary/aromatic N) is 2. The van der Waals surface area contributed by atoms with Crippen LogP contribution in [0.5, 0.6) is 0 Å². The van der Waals surface area contributed by atoms with E-state index in [2.05, 4.69) is 57.4 Å². The van der Waals surface area contributed by atoms with Gasteiger partial charge in [0.15, 0.2) is 0 Å². The normalized spacial score (nSPS) is 18.0. The van der Waals surface area contributed by atoms with Crippen LogP contribution in [0.1, 0.15) is 25.1 Å². The van der Waals surface area contributed by atoms with E-state index in [0.29, 0.717) is 12.6 Å². The molecule has 122 valence electrons. The van der Waals surface area contributed by atoms with E-state index < -0.39 is 0 Å². The maximum absolute atomic E-state index is 11.9. The zero-order valence-electron chi connectivity index (χ0n) is 13.9. The minimum Gasteiger partial charge on any atom is -0.354 e. The van der Waals surface area contributed by atoms with Gasteiger partial charge in [-0.15, -0.1) is 0 Å². The van der Waals surface area contributed by atoms with E-state index in [9.17, 15) is 4.79 Å². The van der Waals surface area contributed by atoms with Crippen LogP contribution in [-0.4, -0.2) is 28.0 Å². The molecular formula is C19H25N3O. The largest absolute Gasteiger partial charge is 0.354 e. The van der Waals surface area contributed by atoms with Crippen LogP contribution < -0.4 is 5.32 Å². The molecular weight excluding hydrogens is 286 g/mol. The predicted octanol–water partition coefficient (Wildman–Crippen LogP) is 2.64. The highest BCUT2D eigenvalue weighted by atomic mass is 16.1. The highest BCUT2D eigenvalue weighted by Gasteiger charge is 2.26. The number of amides is 1. The van der Waals surface area contributed by atoms with E-state index in [1.807, 2.05) is 19.9 Å². The molecule has 0 radical (unpaired) electrons. The van der Waals surface area contributed by atoms with Crippen LogP contribution in [0.4, 0.5) is 0 Å². The highest BCUT2D eigenvalue weighted by Crippen LogP contribution is 2.20. The maximum atomic E-state index is 11.9. The summed E-state index contributed by atoms with van der Waals surface area (Å²) < 4.78 is 2.30. The summed E-state index contributed by atoms with van der Waals surface area (Å²) in [6.45, 7) is 7.32. The summed E-state index contributed by atoms with van der Waals surface area (Å²) in [5.74, 6) is 0.159. The first-order valence-corrected chi connectivity index (χ1v) is 8.33. The number of carbonyl (C=O) groups excluding carboxylic acids is 1. The molecule has 1 N–H and O–H groups in total. The molecule has 1 unspecified atom stereocenters. The molecule has 23 heavy (non-hydrogen) atoms. The van der Waals surface area contributed by atoms with Gasteiger partial charge in [-0.25, -0.2) is 0 Å². The second-order valence-corrected chi connectivity index (χ2v) is 6.60. The number of nitrogens with one attached hydrogen (secondary N) is 1. The van der Waals surface area contributed by atoms with Crippen LogP contribution in [0.15, 0.2) is 48.7 Å². The number of aromatic nitrogens is 1. The third-order valence-corrected chi connectivity index (χ3v) is 4.48. The number of hydrogen-bond acceptors (Lipinski definition) is 2. The SMILES string of the molecule is CC(C)C(=O)NCC1Cn2cccc2CN1Cc1ccccc1. The molecule has 4 heteroatoms. The van der Waals surface area contributed by atoms with Gasteiger partial charge in [0.05, 0.1) is 0 Å². The lowest BCUT2D eigenvalue weighted by atomic mass is 10.1. The molecule has 2 heterocycles. The average Bonchev–Trinajstić information content (AvgIpc) is 3.00. The number of carbonyl (C=O) groups is 1. The van der Waals surface area contributed by atoms with Gasteiger partial charge < -0.3 is 9.88 Å². The molecule has 1 aromatic carbocycles. The van der Waals surface area contributed by atoms with Crippen molar-refractivity contribution in [3.05, 3.63) is 59.9 Å². The van der Waals surface area contributed by atoms with Gasteiger partial charge in [-0.2, -0.15) is 0 Å². The van der Waals surface area contributed by atoms with Crippen molar-refractivity contribution in [2.75, 3.05) is 6.54 Å². The van der Waals surface area contributed by atoms with Crippen LogP contribution in [0.25, 0.3) is 0 Å². The Balaban J connectivity index is 1.72. The molecule has 0 saturated heterocycles. The maximum Gasteiger partial charge on any atom is 0.222 e. The molecule has 0 spiro atoms. The van der Waals surface area contributed by atoms with Crippen LogP contribution in [0.2, 0.25) is 0 Å². The second kappa shape index (κ2) is 7.01. The minimum absolute atomic E-state index is 0.0308. The van der Waals surface area contributed by atoms with Gasteiger partial charge in [0.25, 0.3) is 0 Å². The molecule has 3 rings (SSSR count). The molecule has 1 aromatic heterocycles. The number of benzene rings is 1. The Morgan fingerprint density at radius 2 is 2.00 bits per heavy atom. The average molecular weight is 311 g/mol. The summed E-state index contributed by atoms with van der Waals surface area (Å²) in [6, 6.07) is 15.1. The third kappa shape index (κ3) is 3.82. The smallest absolute Gasteiger partial charge is 0.222 e. The second-order valence-electron chi connectivity index (χ2n) is 6.60. The van der Waals surface area contributed by atoms with Gasteiger partial charge in [-0.1, -0.05) is 44.2 Å². The number of rotatable bonds is 5. The van der Waals surface area contributed by atoms with Crippen molar-refractivity contribution in [2.24, 2.45) is 5.92 Å².